The molecule has 0 saturated heterocycles. The van der Waals surface area contributed by atoms with Crippen molar-refractivity contribution >= 4 is 21.9 Å². The quantitative estimate of drug-likeness (QED) is 0.115. The van der Waals surface area contributed by atoms with E-state index in [1.807, 2.05) is 48.8 Å². The number of hydrogen-bond donors (Lipinski definition) is 0. The second-order valence-corrected chi connectivity index (χ2v) is 21.2. The molecule has 0 radical (unpaired) electrons. The smallest absolute Gasteiger partial charge is 0.308 e. The second kappa shape index (κ2) is 23.5. The summed E-state index contributed by atoms with van der Waals surface area (Å²) in [5.74, 6) is 0. The molecule has 5 heteroatoms. The molecule has 4 nitrogen and oxygen atoms in total. The molecule has 0 saturated carbocycles. The van der Waals surface area contributed by atoms with E-state index in [9.17, 15) is 0 Å². The van der Waals surface area contributed by atoms with E-state index in [0.29, 0.717) is 0 Å². The third kappa shape index (κ3) is 10.3. The molecule has 0 aliphatic rings. The Kier molecular flexibility index (Phi) is 14.6. The molecule has 0 unspecified atom stereocenters. The standard InChI is InChI=1S/C81H51N4.Ir/c1-3-19-55(20-4-1)56-33-35-59(36-34-56)75-54-62(78-47-48-80-81(84-78)74-29-13-14-32-79(74)85(80)66-21-5-2-6-22-66)45-46-73(75)72-28-12-11-27-71(72)65-52-63(69-25-9-7-23-67(69)57-37-41-60(42-38-57)76-30-15-17-49-82-76)51-64(53-65)70-26-10-8-24-68(70)58-39-43-61(44-40-58)77-31-16-18-50-83-77;/h1-41,43,46-54H;/q-3;+3. The summed E-state index contributed by atoms with van der Waals surface area (Å²) in [6.45, 7) is 0. The maximum absolute atomic E-state index is 5.49. The fourth-order valence-corrected chi connectivity index (χ4v) is 12.0. The molecule has 0 bridgehead atoms. The van der Waals surface area contributed by atoms with Gasteiger partial charge in [0.25, 0.3) is 0 Å². The van der Waals surface area contributed by atoms with Crippen molar-refractivity contribution in [1.82, 2.24) is 19.5 Å². The minimum absolute atomic E-state index is 0. The summed E-state index contributed by atoms with van der Waals surface area (Å²) in [4.78, 5) is 14.7. The summed E-state index contributed by atoms with van der Waals surface area (Å²) in [6.07, 6.45) is 3.65. The largest absolute Gasteiger partial charge is 3.00 e. The van der Waals surface area contributed by atoms with E-state index in [0.717, 1.165) is 145 Å². The molecule has 0 fully saturated rings. The zero-order chi connectivity index (χ0) is 56.5. The second-order valence-electron chi connectivity index (χ2n) is 21.2. The number of hydrogen-bond acceptors (Lipinski definition) is 3. The fourth-order valence-electron chi connectivity index (χ4n) is 12.0. The summed E-state index contributed by atoms with van der Waals surface area (Å²) in [6, 6.07) is 116. The van der Waals surface area contributed by atoms with Gasteiger partial charge in [0.05, 0.1) is 16.6 Å². The molecule has 0 aliphatic carbocycles. The molecule has 0 atom stereocenters. The molecule has 4 aromatic heterocycles. The molecule has 15 rings (SSSR count). The van der Waals surface area contributed by atoms with Gasteiger partial charge in [-0.2, -0.15) is 0 Å². The van der Waals surface area contributed by atoms with E-state index in [1.165, 1.54) is 5.56 Å². The maximum Gasteiger partial charge on any atom is 3.00 e. The molecule has 0 N–H and O–H groups in total. The molecular formula is C81H51IrN4. The van der Waals surface area contributed by atoms with Gasteiger partial charge in [0, 0.05) is 23.5 Å². The van der Waals surface area contributed by atoms with E-state index in [1.54, 1.807) is 0 Å². The van der Waals surface area contributed by atoms with Gasteiger partial charge in [-0.25, -0.2) is 0 Å². The van der Waals surface area contributed by atoms with Crippen molar-refractivity contribution in [2.75, 3.05) is 0 Å². The molecule has 0 amide bonds. The first-order valence-corrected chi connectivity index (χ1v) is 28.6. The van der Waals surface area contributed by atoms with Crippen molar-refractivity contribution in [2.24, 2.45) is 0 Å². The number of fused-ring (bicyclic) bond motifs is 3. The Hall–Kier alpha value is -10.7. The zero-order valence-electron chi connectivity index (χ0n) is 46.6. The molecule has 0 aliphatic heterocycles. The van der Waals surface area contributed by atoms with Crippen molar-refractivity contribution in [3.05, 3.63) is 328 Å². The summed E-state index contributed by atoms with van der Waals surface area (Å²) < 4.78 is 2.31. The summed E-state index contributed by atoms with van der Waals surface area (Å²) in [7, 11) is 0. The third-order valence-electron chi connectivity index (χ3n) is 16.1. The van der Waals surface area contributed by atoms with Crippen LogP contribution in [0.3, 0.4) is 0 Å². The Bertz CT molecular complexity index is 4740. The molecule has 0 spiro atoms. The van der Waals surface area contributed by atoms with Gasteiger partial charge in [-0.3, -0.25) is 4.98 Å². The van der Waals surface area contributed by atoms with Gasteiger partial charge in [-0.15, -0.1) is 83.4 Å². The zero-order valence-corrected chi connectivity index (χ0v) is 49.0. The number of aromatic nitrogens is 4. The minimum atomic E-state index is 0. The molecule has 15 aromatic rings. The Morgan fingerprint density at radius 1 is 0.267 bits per heavy atom. The summed E-state index contributed by atoms with van der Waals surface area (Å²) >= 11 is 0. The van der Waals surface area contributed by atoms with E-state index in [4.69, 9.17) is 4.98 Å². The van der Waals surface area contributed by atoms with Crippen LogP contribution in [0.25, 0.3) is 150 Å². The van der Waals surface area contributed by atoms with Crippen molar-refractivity contribution in [1.29, 1.82) is 0 Å². The summed E-state index contributed by atoms with van der Waals surface area (Å²) in [5, 5.41) is 1.10. The SMILES string of the molecule is [Ir+3].[c-]1cc(-c2ccccc2-c2cc(-c3ccccc3-c3c[c-]c(-c4ccccn4)cc3)cc(-c3ccccc3-c3c[c-]c(-c4ccc5c(n4)c4ccccc4n5-c4ccccc4)cc3-c3ccc(-c4ccccc4)cc3)c2)ccc1-c1ccccn1. The minimum Gasteiger partial charge on any atom is -0.308 e. The first-order chi connectivity index (χ1) is 42.1. The Balaban J connectivity index is 0.00000653. The van der Waals surface area contributed by atoms with Crippen LogP contribution >= 0.6 is 0 Å². The average molecular weight is 1270 g/mol. The summed E-state index contributed by atoms with van der Waals surface area (Å²) in [5.41, 5.74) is 27.3. The van der Waals surface area contributed by atoms with E-state index >= 15 is 0 Å². The number of nitrogens with zero attached hydrogens (tertiary/aromatic N) is 4. The van der Waals surface area contributed by atoms with Gasteiger partial charge in [0.1, 0.15) is 0 Å². The molecule has 86 heavy (non-hydrogen) atoms. The van der Waals surface area contributed by atoms with Crippen LogP contribution in [0.4, 0.5) is 0 Å². The van der Waals surface area contributed by atoms with Crippen LogP contribution in [0.15, 0.2) is 310 Å². The Morgan fingerprint density at radius 3 is 1.27 bits per heavy atom. The molecular weight excluding hydrogens is 1220 g/mol. The maximum atomic E-state index is 5.49. The van der Waals surface area contributed by atoms with Crippen molar-refractivity contribution in [3.8, 4) is 128 Å². The normalized spacial score (nSPS) is 11.2. The third-order valence-corrected chi connectivity index (χ3v) is 16.1. The van der Waals surface area contributed by atoms with Crippen molar-refractivity contribution in [2.45, 2.75) is 0 Å². The number of rotatable bonds is 12. The Labute approximate surface area is 514 Å². The van der Waals surface area contributed by atoms with Gasteiger partial charge >= 0.3 is 20.1 Å². The van der Waals surface area contributed by atoms with Gasteiger partial charge < -0.3 is 14.5 Å². The van der Waals surface area contributed by atoms with Crippen LogP contribution < -0.4 is 0 Å². The average Bonchev–Trinajstić information content (AvgIpc) is 2.11. The van der Waals surface area contributed by atoms with Crippen molar-refractivity contribution < 1.29 is 20.1 Å². The van der Waals surface area contributed by atoms with Gasteiger partial charge in [0.15, 0.2) is 0 Å². The van der Waals surface area contributed by atoms with Crippen LogP contribution in [0.5, 0.6) is 0 Å². The monoisotopic (exact) mass is 1270 g/mol. The number of benzene rings is 11. The Morgan fingerprint density at radius 2 is 0.721 bits per heavy atom. The molecule has 11 aromatic carbocycles. The molecule has 404 valence electrons. The predicted molar refractivity (Wildman–Crippen MR) is 350 cm³/mol. The van der Waals surface area contributed by atoms with Gasteiger partial charge in [-0.05, 0) is 122 Å². The van der Waals surface area contributed by atoms with Crippen LogP contribution in [-0.2, 0) is 20.1 Å². The van der Waals surface area contributed by atoms with E-state index < -0.39 is 0 Å². The van der Waals surface area contributed by atoms with Crippen LogP contribution in [0.2, 0.25) is 0 Å². The topological polar surface area (TPSA) is 43.6 Å². The number of para-hydroxylation sites is 2. The van der Waals surface area contributed by atoms with Crippen LogP contribution in [0, 0.1) is 18.2 Å². The van der Waals surface area contributed by atoms with Crippen molar-refractivity contribution in [3.63, 3.8) is 0 Å². The van der Waals surface area contributed by atoms with Gasteiger partial charge in [-0.1, -0.05) is 233 Å². The van der Waals surface area contributed by atoms with Crippen LogP contribution in [0.1, 0.15) is 0 Å². The first kappa shape index (κ1) is 53.3. The molecule has 4 heterocycles. The first-order valence-electron chi connectivity index (χ1n) is 28.6. The van der Waals surface area contributed by atoms with Crippen LogP contribution in [-0.4, -0.2) is 19.5 Å². The predicted octanol–water partition coefficient (Wildman–Crippen LogP) is 20.7. The number of pyridine rings is 3. The van der Waals surface area contributed by atoms with E-state index in [-0.39, 0.29) is 20.1 Å². The fraction of sp³-hybridized carbons (Fsp3) is 0. The van der Waals surface area contributed by atoms with E-state index in [2.05, 4.69) is 294 Å². The van der Waals surface area contributed by atoms with Gasteiger partial charge in [0.2, 0.25) is 0 Å².